The molecule has 112 valence electrons. The van der Waals surface area contributed by atoms with E-state index < -0.39 is 5.97 Å². The van der Waals surface area contributed by atoms with Gasteiger partial charge in [0, 0.05) is 5.69 Å². The average Bonchev–Trinajstić information content (AvgIpc) is 3.01. The van der Waals surface area contributed by atoms with Crippen molar-refractivity contribution in [2.75, 3.05) is 12.4 Å². The maximum atomic E-state index is 11.3. The SMILES string of the molecule is CCC(C)c1ccc(NCc2ccc(C(=O)OC)o2)cc1. The highest BCUT2D eigenvalue weighted by molar-refractivity contribution is 5.86. The summed E-state index contributed by atoms with van der Waals surface area (Å²) < 4.78 is 10.0. The number of furan rings is 1. The highest BCUT2D eigenvalue weighted by atomic mass is 16.5. The molecule has 0 aliphatic rings. The molecule has 0 aliphatic carbocycles. The van der Waals surface area contributed by atoms with Crippen LogP contribution in [-0.2, 0) is 11.3 Å². The van der Waals surface area contributed by atoms with Gasteiger partial charge in [0.05, 0.1) is 13.7 Å². The molecule has 1 heterocycles. The topological polar surface area (TPSA) is 51.5 Å². The Kier molecular flexibility index (Phi) is 5.04. The first-order valence-corrected chi connectivity index (χ1v) is 7.15. The summed E-state index contributed by atoms with van der Waals surface area (Å²) in [5, 5.41) is 3.27. The summed E-state index contributed by atoms with van der Waals surface area (Å²) in [6, 6.07) is 11.8. The van der Waals surface area contributed by atoms with E-state index in [0.29, 0.717) is 18.2 Å². The number of rotatable bonds is 6. The smallest absolute Gasteiger partial charge is 0.373 e. The van der Waals surface area contributed by atoms with E-state index in [1.807, 2.05) is 0 Å². The lowest BCUT2D eigenvalue weighted by atomic mass is 9.99. The fourth-order valence-electron chi connectivity index (χ4n) is 2.04. The van der Waals surface area contributed by atoms with Gasteiger partial charge in [-0.05, 0) is 42.2 Å². The van der Waals surface area contributed by atoms with E-state index >= 15 is 0 Å². The quantitative estimate of drug-likeness (QED) is 0.809. The fraction of sp³-hybridized carbons (Fsp3) is 0.353. The van der Waals surface area contributed by atoms with Gasteiger partial charge < -0.3 is 14.5 Å². The van der Waals surface area contributed by atoms with Crippen LogP contribution in [0, 0.1) is 0 Å². The highest BCUT2D eigenvalue weighted by Gasteiger charge is 2.10. The van der Waals surface area contributed by atoms with Gasteiger partial charge in [0.1, 0.15) is 5.76 Å². The van der Waals surface area contributed by atoms with Crippen molar-refractivity contribution in [1.82, 2.24) is 0 Å². The van der Waals surface area contributed by atoms with Gasteiger partial charge in [0.25, 0.3) is 0 Å². The van der Waals surface area contributed by atoms with Gasteiger partial charge in [-0.3, -0.25) is 0 Å². The van der Waals surface area contributed by atoms with Crippen LogP contribution in [-0.4, -0.2) is 13.1 Å². The van der Waals surface area contributed by atoms with E-state index in [2.05, 4.69) is 48.2 Å². The minimum absolute atomic E-state index is 0.224. The lowest BCUT2D eigenvalue weighted by Gasteiger charge is -2.10. The van der Waals surface area contributed by atoms with Crippen molar-refractivity contribution in [3.8, 4) is 0 Å². The average molecular weight is 287 g/mol. The molecule has 0 spiro atoms. The molecule has 0 bridgehead atoms. The molecule has 2 aromatic rings. The van der Waals surface area contributed by atoms with Crippen molar-refractivity contribution in [1.29, 1.82) is 0 Å². The Bertz CT molecular complexity index is 586. The normalized spacial score (nSPS) is 12.0. The largest absolute Gasteiger partial charge is 0.463 e. The zero-order valence-corrected chi connectivity index (χ0v) is 12.7. The van der Waals surface area contributed by atoms with Crippen LogP contribution in [0.3, 0.4) is 0 Å². The molecule has 0 saturated heterocycles. The van der Waals surface area contributed by atoms with E-state index in [4.69, 9.17) is 4.42 Å². The number of anilines is 1. The molecule has 1 aromatic heterocycles. The van der Waals surface area contributed by atoms with Gasteiger partial charge >= 0.3 is 5.97 Å². The number of methoxy groups -OCH3 is 1. The standard InChI is InChI=1S/C17H21NO3/c1-4-12(2)13-5-7-14(8-6-13)18-11-15-9-10-16(21-15)17(19)20-3/h5-10,12,18H,4,11H2,1-3H3. The minimum atomic E-state index is -0.459. The molecular formula is C17H21NO3. The number of hydrogen-bond donors (Lipinski definition) is 1. The molecule has 0 amide bonds. The van der Waals surface area contributed by atoms with Crippen LogP contribution in [0.1, 0.15) is 48.1 Å². The van der Waals surface area contributed by atoms with Crippen LogP contribution in [0.2, 0.25) is 0 Å². The number of esters is 1. The Morgan fingerprint density at radius 3 is 2.57 bits per heavy atom. The van der Waals surface area contributed by atoms with Gasteiger partial charge in [-0.1, -0.05) is 26.0 Å². The predicted molar refractivity (Wildman–Crippen MR) is 82.5 cm³/mol. The van der Waals surface area contributed by atoms with Gasteiger partial charge in [0.15, 0.2) is 0 Å². The van der Waals surface area contributed by atoms with E-state index in [0.717, 1.165) is 12.1 Å². The first kappa shape index (κ1) is 15.2. The van der Waals surface area contributed by atoms with Crippen molar-refractivity contribution < 1.29 is 13.9 Å². The maximum Gasteiger partial charge on any atom is 0.373 e. The lowest BCUT2D eigenvalue weighted by Crippen LogP contribution is -2.00. The van der Waals surface area contributed by atoms with Gasteiger partial charge in [-0.25, -0.2) is 4.79 Å². The van der Waals surface area contributed by atoms with Crippen molar-refractivity contribution in [2.45, 2.75) is 32.7 Å². The Morgan fingerprint density at radius 1 is 1.24 bits per heavy atom. The predicted octanol–water partition coefficient (Wildman–Crippen LogP) is 4.19. The third kappa shape index (κ3) is 3.88. The van der Waals surface area contributed by atoms with Crippen LogP contribution in [0.4, 0.5) is 5.69 Å². The first-order valence-electron chi connectivity index (χ1n) is 7.15. The van der Waals surface area contributed by atoms with E-state index in [-0.39, 0.29) is 5.76 Å². The van der Waals surface area contributed by atoms with Gasteiger partial charge in [0.2, 0.25) is 5.76 Å². The summed E-state index contributed by atoms with van der Waals surface area (Å²) in [6.07, 6.45) is 1.13. The molecule has 4 heteroatoms. The van der Waals surface area contributed by atoms with E-state index in [1.54, 1.807) is 12.1 Å². The Hall–Kier alpha value is -2.23. The molecule has 0 radical (unpaired) electrons. The number of nitrogens with one attached hydrogen (secondary N) is 1. The number of ether oxygens (including phenoxy) is 1. The molecule has 0 fully saturated rings. The van der Waals surface area contributed by atoms with Crippen LogP contribution in [0.15, 0.2) is 40.8 Å². The van der Waals surface area contributed by atoms with Crippen molar-refractivity contribution in [3.63, 3.8) is 0 Å². The lowest BCUT2D eigenvalue weighted by molar-refractivity contribution is 0.0563. The fourth-order valence-corrected chi connectivity index (χ4v) is 2.04. The molecule has 1 aromatic carbocycles. The molecule has 21 heavy (non-hydrogen) atoms. The summed E-state index contributed by atoms with van der Waals surface area (Å²) >= 11 is 0. The summed E-state index contributed by atoms with van der Waals surface area (Å²) in [4.78, 5) is 11.3. The second kappa shape index (κ2) is 6.97. The van der Waals surface area contributed by atoms with Gasteiger partial charge in [-0.2, -0.15) is 0 Å². The van der Waals surface area contributed by atoms with Crippen LogP contribution in [0.25, 0.3) is 0 Å². The second-order valence-corrected chi connectivity index (χ2v) is 5.04. The molecule has 0 saturated carbocycles. The zero-order chi connectivity index (χ0) is 15.2. The minimum Gasteiger partial charge on any atom is -0.463 e. The van der Waals surface area contributed by atoms with Crippen LogP contribution in [0.5, 0.6) is 0 Å². The molecule has 1 N–H and O–H groups in total. The maximum absolute atomic E-state index is 11.3. The Labute approximate surface area is 125 Å². The van der Waals surface area contributed by atoms with Crippen LogP contribution < -0.4 is 5.32 Å². The zero-order valence-electron chi connectivity index (χ0n) is 12.7. The Morgan fingerprint density at radius 2 is 1.95 bits per heavy atom. The molecule has 0 aliphatic heterocycles. The summed E-state index contributed by atoms with van der Waals surface area (Å²) in [5.74, 6) is 1.04. The van der Waals surface area contributed by atoms with Gasteiger partial charge in [-0.15, -0.1) is 0 Å². The highest BCUT2D eigenvalue weighted by Crippen LogP contribution is 2.21. The monoisotopic (exact) mass is 287 g/mol. The third-order valence-corrected chi connectivity index (χ3v) is 3.61. The summed E-state index contributed by atoms with van der Waals surface area (Å²) in [7, 11) is 1.33. The molecule has 1 unspecified atom stereocenters. The molecular weight excluding hydrogens is 266 g/mol. The third-order valence-electron chi connectivity index (χ3n) is 3.61. The van der Waals surface area contributed by atoms with Crippen molar-refractivity contribution >= 4 is 11.7 Å². The first-order chi connectivity index (χ1) is 10.1. The summed E-state index contributed by atoms with van der Waals surface area (Å²) in [6.45, 7) is 4.94. The molecule has 2 rings (SSSR count). The van der Waals surface area contributed by atoms with E-state index in [9.17, 15) is 4.79 Å². The summed E-state index contributed by atoms with van der Waals surface area (Å²) in [5.41, 5.74) is 2.37. The number of carbonyl (C=O) groups excluding carboxylic acids is 1. The number of benzene rings is 1. The number of hydrogen-bond acceptors (Lipinski definition) is 4. The van der Waals surface area contributed by atoms with Crippen LogP contribution >= 0.6 is 0 Å². The van der Waals surface area contributed by atoms with Crippen molar-refractivity contribution in [2.24, 2.45) is 0 Å². The van der Waals surface area contributed by atoms with E-state index in [1.165, 1.54) is 12.7 Å². The second-order valence-electron chi connectivity index (χ2n) is 5.04. The molecule has 4 nitrogen and oxygen atoms in total. The molecule has 1 atom stereocenters. The van der Waals surface area contributed by atoms with Crippen molar-refractivity contribution in [3.05, 3.63) is 53.5 Å². The number of carbonyl (C=O) groups is 1. The Balaban J connectivity index is 1.93.